The molecule has 4 rings (SSSR count). The molecule has 8 nitrogen and oxygen atoms in total. The standard InChI is InChI=1S/C25H28N4O4S/c1-3-28(25(31)21-17-34-24(27-21)20-6-4-5-7-22(20)32-2)16-23(30)26-18-8-10-19(11-9-18)29-12-14-33-15-13-29/h4-11,17H,3,12-16H2,1-2H3,(H,26,30). The number of rotatable bonds is 8. The summed E-state index contributed by atoms with van der Waals surface area (Å²) in [6, 6.07) is 15.3. The molecule has 1 aliphatic heterocycles. The monoisotopic (exact) mass is 480 g/mol. The van der Waals surface area contributed by atoms with Crippen LogP contribution in [0.4, 0.5) is 11.4 Å². The van der Waals surface area contributed by atoms with Gasteiger partial charge in [-0.3, -0.25) is 9.59 Å². The average molecular weight is 481 g/mol. The molecule has 178 valence electrons. The third-order valence-electron chi connectivity index (χ3n) is 5.59. The van der Waals surface area contributed by atoms with E-state index in [1.807, 2.05) is 55.5 Å². The molecular formula is C25H28N4O4S. The highest BCUT2D eigenvalue weighted by Gasteiger charge is 2.21. The van der Waals surface area contributed by atoms with Crippen LogP contribution < -0.4 is 15.0 Å². The fourth-order valence-electron chi connectivity index (χ4n) is 3.76. The minimum atomic E-state index is -0.280. The molecule has 1 N–H and O–H groups in total. The number of hydrogen-bond acceptors (Lipinski definition) is 7. The van der Waals surface area contributed by atoms with Gasteiger partial charge < -0.3 is 24.6 Å². The number of methoxy groups -OCH3 is 1. The van der Waals surface area contributed by atoms with Crippen molar-refractivity contribution in [3.05, 3.63) is 59.6 Å². The number of likely N-dealkylation sites (N-methyl/N-ethyl adjacent to an activating group) is 1. The van der Waals surface area contributed by atoms with Gasteiger partial charge in [0.15, 0.2) is 0 Å². The Hall–Kier alpha value is -3.43. The molecule has 0 radical (unpaired) electrons. The van der Waals surface area contributed by atoms with Crippen LogP contribution in [-0.4, -0.2) is 68.2 Å². The predicted octanol–water partition coefficient (Wildman–Crippen LogP) is 3.76. The molecule has 0 aliphatic carbocycles. The van der Waals surface area contributed by atoms with E-state index in [0.717, 1.165) is 37.6 Å². The number of thiazole rings is 1. The van der Waals surface area contributed by atoms with Gasteiger partial charge in [0, 0.05) is 36.4 Å². The van der Waals surface area contributed by atoms with E-state index in [2.05, 4.69) is 15.2 Å². The molecule has 1 saturated heterocycles. The van der Waals surface area contributed by atoms with Crippen molar-refractivity contribution in [2.75, 3.05) is 56.7 Å². The number of aromatic nitrogens is 1. The molecule has 2 aromatic carbocycles. The zero-order chi connectivity index (χ0) is 23.9. The van der Waals surface area contributed by atoms with E-state index < -0.39 is 0 Å². The normalized spacial score (nSPS) is 13.4. The first kappa shape index (κ1) is 23.7. The highest BCUT2D eigenvalue weighted by atomic mass is 32.1. The number of carbonyl (C=O) groups excluding carboxylic acids is 2. The lowest BCUT2D eigenvalue weighted by atomic mass is 10.2. The van der Waals surface area contributed by atoms with E-state index in [1.165, 1.54) is 16.2 Å². The van der Waals surface area contributed by atoms with Crippen molar-refractivity contribution in [1.29, 1.82) is 0 Å². The van der Waals surface area contributed by atoms with E-state index >= 15 is 0 Å². The molecule has 0 saturated carbocycles. The zero-order valence-corrected chi connectivity index (χ0v) is 20.1. The van der Waals surface area contributed by atoms with E-state index in [1.54, 1.807) is 12.5 Å². The summed E-state index contributed by atoms with van der Waals surface area (Å²) in [7, 11) is 1.60. The Bertz CT molecular complexity index is 1130. The maximum Gasteiger partial charge on any atom is 0.273 e. The smallest absolute Gasteiger partial charge is 0.273 e. The second-order valence-corrected chi connectivity index (χ2v) is 8.61. The molecular weight excluding hydrogens is 452 g/mol. The average Bonchev–Trinajstić information content (AvgIpc) is 3.38. The van der Waals surface area contributed by atoms with Gasteiger partial charge in [-0.2, -0.15) is 0 Å². The summed E-state index contributed by atoms with van der Waals surface area (Å²) in [5, 5.41) is 5.29. The van der Waals surface area contributed by atoms with E-state index in [4.69, 9.17) is 9.47 Å². The second-order valence-electron chi connectivity index (χ2n) is 7.75. The van der Waals surface area contributed by atoms with Crippen molar-refractivity contribution in [2.24, 2.45) is 0 Å². The Morgan fingerprint density at radius 3 is 2.59 bits per heavy atom. The largest absolute Gasteiger partial charge is 0.496 e. The first-order valence-corrected chi connectivity index (χ1v) is 12.1. The summed E-state index contributed by atoms with van der Waals surface area (Å²) in [5.74, 6) is 0.162. The topological polar surface area (TPSA) is 84.0 Å². The maximum absolute atomic E-state index is 13.0. The summed E-state index contributed by atoms with van der Waals surface area (Å²) >= 11 is 1.37. The van der Waals surface area contributed by atoms with Gasteiger partial charge in [0.1, 0.15) is 23.0 Å². The fraction of sp³-hybridized carbons (Fsp3) is 0.320. The van der Waals surface area contributed by atoms with Crippen LogP contribution in [0.5, 0.6) is 5.75 Å². The number of hydrogen-bond donors (Lipinski definition) is 1. The van der Waals surface area contributed by atoms with Crippen LogP contribution in [0.3, 0.4) is 0 Å². The van der Waals surface area contributed by atoms with Crippen LogP contribution in [0.2, 0.25) is 0 Å². The van der Waals surface area contributed by atoms with Crippen LogP contribution in [0.15, 0.2) is 53.9 Å². The summed E-state index contributed by atoms with van der Waals surface area (Å²) in [6.45, 7) is 5.34. The van der Waals surface area contributed by atoms with E-state index in [0.29, 0.717) is 28.7 Å². The van der Waals surface area contributed by atoms with Gasteiger partial charge in [0.2, 0.25) is 5.91 Å². The molecule has 2 amide bonds. The molecule has 3 aromatic rings. The van der Waals surface area contributed by atoms with Gasteiger partial charge in [0.25, 0.3) is 5.91 Å². The second kappa shape index (κ2) is 11.1. The number of nitrogens with one attached hydrogen (secondary N) is 1. The highest BCUT2D eigenvalue weighted by molar-refractivity contribution is 7.13. The van der Waals surface area contributed by atoms with Gasteiger partial charge in [-0.15, -0.1) is 11.3 Å². The number of nitrogens with zero attached hydrogens (tertiary/aromatic N) is 3. The van der Waals surface area contributed by atoms with Crippen molar-refractivity contribution >= 4 is 34.5 Å². The van der Waals surface area contributed by atoms with Crippen molar-refractivity contribution in [1.82, 2.24) is 9.88 Å². The summed E-state index contributed by atoms with van der Waals surface area (Å²) in [4.78, 5) is 33.9. The summed E-state index contributed by atoms with van der Waals surface area (Å²) in [5.41, 5.74) is 2.93. The van der Waals surface area contributed by atoms with Crippen LogP contribution in [0, 0.1) is 0 Å². The van der Waals surface area contributed by atoms with Crippen LogP contribution in [0.25, 0.3) is 10.6 Å². The van der Waals surface area contributed by atoms with E-state index in [-0.39, 0.29) is 18.4 Å². The number of anilines is 2. The Kier molecular flexibility index (Phi) is 7.76. The molecule has 9 heteroatoms. The molecule has 0 atom stereocenters. The third-order valence-corrected chi connectivity index (χ3v) is 6.47. The number of ether oxygens (including phenoxy) is 2. The lowest BCUT2D eigenvalue weighted by Gasteiger charge is -2.29. The van der Waals surface area contributed by atoms with Crippen molar-refractivity contribution < 1.29 is 19.1 Å². The van der Waals surface area contributed by atoms with Crippen LogP contribution >= 0.6 is 11.3 Å². The molecule has 1 aromatic heterocycles. The van der Waals surface area contributed by atoms with Crippen LogP contribution in [-0.2, 0) is 9.53 Å². The van der Waals surface area contributed by atoms with Crippen molar-refractivity contribution in [3.63, 3.8) is 0 Å². The minimum absolute atomic E-state index is 0.0535. The zero-order valence-electron chi connectivity index (χ0n) is 19.3. The van der Waals surface area contributed by atoms with Gasteiger partial charge in [-0.1, -0.05) is 12.1 Å². The summed E-state index contributed by atoms with van der Waals surface area (Å²) in [6.07, 6.45) is 0. The third kappa shape index (κ3) is 5.55. The van der Waals surface area contributed by atoms with Crippen molar-refractivity contribution in [3.8, 4) is 16.3 Å². The van der Waals surface area contributed by atoms with Gasteiger partial charge in [0.05, 0.1) is 25.9 Å². The Morgan fingerprint density at radius 2 is 1.88 bits per heavy atom. The van der Waals surface area contributed by atoms with Gasteiger partial charge >= 0.3 is 0 Å². The minimum Gasteiger partial charge on any atom is -0.496 e. The first-order valence-electron chi connectivity index (χ1n) is 11.2. The van der Waals surface area contributed by atoms with E-state index in [9.17, 15) is 9.59 Å². The van der Waals surface area contributed by atoms with Gasteiger partial charge in [-0.25, -0.2) is 4.98 Å². The number of benzene rings is 2. The molecule has 2 heterocycles. The van der Waals surface area contributed by atoms with Gasteiger partial charge in [-0.05, 0) is 43.3 Å². The Labute approximate surface area is 203 Å². The number of carbonyl (C=O) groups is 2. The molecule has 0 unspecified atom stereocenters. The molecule has 34 heavy (non-hydrogen) atoms. The first-order chi connectivity index (χ1) is 16.6. The molecule has 0 spiro atoms. The Balaban J connectivity index is 1.37. The fourth-order valence-corrected chi connectivity index (χ4v) is 4.58. The molecule has 1 aliphatic rings. The SMILES string of the molecule is CCN(CC(=O)Nc1ccc(N2CCOCC2)cc1)C(=O)c1csc(-c2ccccc2OC)n1. The number of amides is 2. The molecule has 0 bridgehead atoms. The predicted molar refractivity (Wildman–Crippen MR) is 134 cm³/mol. The molecule has 1 fully saturated rings. The summed E-state index contributed by atoms with van der Waals surface area (Å²) < 4.78 is 10.8. The number of morpholine rings is 1. The lowest BCUT2D eigenvalue weighted by molar-refractivity contribution is -0.116. The van der Waals surface area contributed by atoms with Crippen molar-refractivity contribution in [2.45, 2.75) is 6.92 Å². The quantitative estimate of drug-likeness (QED) is 0.529. The highest BCUT2D eigenvalue weighted by Crippen LogP contribution is 2.32. The van der Waals surface area contributed by atoms with Crippen LogP contribution in [0.1, 0.15) is 17.4 Å². The number of para-hydroxylation sites is 1. The lowest BCUT2D eigenvalue weighted by Crippen LogP contribution is -2.38. The Morgan fingerprint density at radius 1 is 1.15 bits per heavy atom. The maximum atomic E-state index is 13.0.